The van der Waals surface area contributed by atoms with Crippen LogP contribution in [-0.4, -0.2) is 24.7 Å². The maximum atomic E-state index is 11.4. The van der Waals surface area contributed by atoms with E-state index in [-0.39, 0.29) is 18.1 Å². The summed E-state index contributed by atoms with van der Waals surface area (Å²) < 4.78 is 5.26. The van der Waals surface area contributed by atoms with Crippen LogP contribution in [0.25, 0.3) is 0 Å². The largest absolute Gasteiger partial charge is 0.465 e. The van der Waals surface area contributed by atoms with Gasteiger partial charge in [0.2, 0.25) is 0 Å². The molecule has 0 saturated carbocycles. The molecule has 86 valence electrons. The number of methoxy groups -OCH3 is 1. The molecule has 0 aromatic heterocycles. The highest BCUT2D eigenvalue weighted by Gasteiger charge is 2.12. The van der Waals surface area contributed by atoms with Gasteiger partial charge in [-0.05, 0) is 33.6 Å². The van der Waals surface area contributed by atoms with E-state index in [9.17, 15) is 9.59 Å². The van der Waals surface area contributed by atoms with Crippen molar-refractivity contribution in [2.24, 2.45) is 0 Å². The number of esters is 1. The van der Waals surface area contributed by atoms with E-state index in [1.807, 2.05) is 0 Å². The number of halogens is 2. The van der Waals surface area contributed by atoms with Gasteiger partial charge in [-0.2, -0.15) is 0 Å². The van der Waals surface area contributed by atoms with Crippen LogP contribution in [0.15, 0.2) is 22.7 Å². The highest BCUT2D eigenvalue weighted by molar-refractivity contribution is 9.10. The summed E-state index contributed by atoms with van der Waals surface area (Å²) >= 11 is 8.66. The summed E-state index contributed by atoms with van der Waals surface area (Å²) in [5.41, 5.74) is 1.15. The van der Waals surface area contributed by atoms with E-state index in [0.29, 0.717) is 10.0 Å². The lowest BCUT2D eigenvalue weighted by atomic mass is 10.1. The maximum Gasteiger partial charge on any atom is 0.339 e. The van der Waals surface area contributed by atoms with Crippen LogP contribution in [0.2, 0.25) is 0 Å². The third kappa shape index (κ3) is 3.32. The fourth-order valence-corrected chi connectivity index (χ4v) is 1.73. The van der Waals surface area contributed by atoms with E-state index < -0.39 is 5.97 Å². The number of hydrogen-bond acceptors (Lipinski definition) is 3. The van der Waals surface area contributed by atoms with Crippen molar-refractivity contribution in [2.75, 3.05) is 13.0 Å². The lowest BCUT2D eigenvalue weighted by Gasteiger charge is -2.05. The Kier molecular flexibility index (Phi) is 4.96. The minimum atomic E-state index is -0.438. The van der Waals surface area contributed by atoms with Gasteiger partial charge < -0.3 is 4.74 Å². The Labute approximate surface area is 107 Å². The molecule has 0 fully saturated rings. The molecule has 1 aromatic carbocycles. The number of alkyl halides is 1. The minimum absolute atomic E-state index is 0.0242. The molecule has 5 heteroatoms. The van der Waals surface area contributed by atoms with Crippen molar-refractivity contribution < 1.29 is 14.3 Å². The summed E-state index contributed by atoms with van der Waals surface area (Å²) in [6.07, 6.45) is 0.223. The molecule has 0 heterocycles. The highest BCUT2D eigenvalue weighted by atomic mass is 79.9. The van der Waals surface area contributed by atoms with Gasteiger partial charge in [-0.1, -0.05) is 6.07 Å². The van der Waals surface area contributed by atoms with Crippen LogP contribution in [0, 0.1) is 0 Å². The first-order chi connectivity index (χ1) is 7.58. The van der Waals surface area contributed by atoms with Crippen LogP contribution >= 0.6 is 27.5 Å². The molecule has 0 radical (unpaired) electrons. The Morgan fingerprint density at radius 2 is 2.12 bits per heavy atom. The molecule has 0 aliphatic carbocycles. The quantitative estimate of drug-likeness (QED) is 0.634. The fourth-order valence-electron chi connectivity index (χ4n) is 1.22. The smallest absolute Gasteiger partial charge is 0.339 e. The molecule has 1 rings (SSSR count). The van der Waals surface area contributed by atoms with E-state index >= 15 is 0 Å². The summed E-state index contributed by atoms with van der Waals surface area (Å²) in [5, 5.41) is 0. The molecule has 0 unspecified atom stereocenters. The van der Waals surface area contributed by atoms with E-state index in [1.165, 1.54) is 7.11 Å². The van der Waals surface area contributed by atoms with Crippen molar-refractivity contribution in [3.63, 3.8) is 0 Å². The number of benzene rings is 1. The number of rotatable bonds is 4. The van der Waals surface area contributed by atoms with Crippen LogP contribution in [0.5, 0.6) is 0 Å². The second kappa shape index (κ2) is 6.01. The average molecular weight is 306 g/mol. The molecule has 0 spiro atoms. The van der Waals surface area contributed by atoms with Gasteiger partial charge in [0.15, 0.2) is 5.78 Å². The van der Waals surface area contributed by atoms with E-state index in [1.54, 1.807) is 18.2 Å². The summed E-state index contributed by atoms with van der Waals surface area (Å²) in [6.45, 7) is 0. The lowest BCUT2D eigenvalue weighted by Crippen LogP contribution is -2.07. The Bertz CT molecular complexity index is 418. The second-order valence-electron chi connectivity index (χ2n) is 3.15. The first kappa shape index (κ1) is 13.2. The normalized spacial score (nSPS) is 9.94. The van der Waals surface area contributed by atoms with Gasteiger partial charge >= 0.3 is 5.97 Å². The van der Waals surface area contributed by atoms with Crippen molar-refractivity contribution in [2.45, 2.75) is 6.42 Å². The number of ketones is 1. The van der Waals surface area contributed by atoms with Crippen molar-refractivity contribution in [3.8, 4) is 0 Å². The van der Waals surface area contributed by atoms with Gasteiger partial charge in [-0.15, -0.1) is 11.6 Å². The van der Waals surface area contributed by atoms with Gasteiger partial charge in [0.25, 0.3) is 0 Å². The molecule has 0 aliphatic rings. The van der Waals surface area contributed by atoms with E-state index in [2.05, 4.69) is 20.7 Å². The molecule has 0 saturated heterocycles. The SMILES string of the molecule is COC(=O)c1cc(CC(=O)CCl)ccc1Br. The van der Waals surface area contributed by atoms with Crippen molar-refractivity contribution in [1.82, 2.24) is 0 Å². The van der Waals surface area contributed by atoms with Crippen LogP contribution in [0.4, 0.5) is 0 Å². The predicted molar refractivity (Wildman–Crippen MR) is 64.9 cm³/mol. The highest BCUT2D eigenvalue weighted by Crippen LogP contribution is 2.19. The van der Waals surface area contributed by atoms with Crippen LogP contribution in [-0.2, 0) is 16.0 Å². The summed E-state index contributed by atoms with van der Waals surface area (Å²) in [5.74, 6) is -0.546. The molecular formula is C11H10BrClO3. The molecule has 0 bridgehead atoms. The van der Waals surface area contributed by atoms with Crippen molar-refractivity contribution in [3.05, 3.63) is 33.8 Å². The standard InChI is InChI=1S/C11H10BrClO3/c1-16-11(15)9-5-7(2-3-10(9)12)4-8(14)6-13/h2-3,5H,4,6H2,1H3. The maximum absolute atomic E-state index is 11.4. The molecule has 3 nitrogen and oxygen atoms in total. The predicted octanol–water partition coefficient (Wildman–Crippen LogP) is 2.59. The number of hydrogen-bond donors (Lipinski definition) is 0. The zero-order chi connectivity index (χ0) is 12.1. The van der Waals surface area contributed by atoms with Gasteiger partial charge in [-0.3, -0.25) is 4.79 Å². The Morgan fingerprint density at radius 1 is 1.44 bits per heavy atom. The fraction of sp³-hybridized carbons (Fsp3) is 0.273. The van der Waals surface area contributed by atoms with Gasteiger partial charge in [-0.25, -0.2) is 4.79 Å². The molecule has 1 aromatic rings. The number of ether oxygens (including phenoxy) is 1. The molecular weight excluding hydrogens is 295 g/mol. The topological polar surface area (TPSA) is 43.4 Å². The van der Waals surface area contributed by atoms with Gasteiger partial charge in [0.1, 0.15) is 0 Å². The van der Waals surface area contributed by atoms with Crippen LogP contribution in [0.3, 0.4) is 0 Å². The second-order valence-corrected chi connectivity index (χ2v) is 4.28. The Morgan fingerprint density at radius 3 is 2.69 bits per heavy atom. The van der Waals surface area contributed by atoms with Crippen molar-refractivity contribution >= 4 is 39.3 Å². The van der Waals surface area contributed by atoms with Crippen LogP contribution in [0.1, 0.15) is 15.9 Å². The number of Topliss-reactive ketones (excluding diaryl/α,β-unsaturated/α-hetero) is 1. The van der Waals surface area contributed by atoms with E-state index in [0.717, 1.165) is 5.56 Å². The van der Waals surface area contributed by atoms with Gasteiger partial charge in [0, 0.05) is 10.9 Å². The average Bonchev–Trinajstić information content (AvgIpc) is 2.30. The third-order valence-corrected chi connectivity index (χ3v) is 2.98. The summed E-state index contributed by atoms with van der Waals surface area (Å²) in [4.78, 5) is 22.5. The Balaban J connectivity index is 2.98. The Hall–Kier alpha value is -0.870. The number of carbonyl (C=O) groups is 2. The van der Waals surface area contributed by atoms with Gasteiger partial charge in [0.05, 0.1) is 18.6 Å². The first-order valence-corrected chi connectivity index (χ1v) is 5.85. The molecule has 16 heavy (non-hydrogen) atoms. The van der Waals surface area contributed by atoms with E-state index in [4.69, 9.17) is 11.6 Å². The molecule has 0 aliphatic heterocycles. The summed E-state index contributed by atoms with van der Waals surface area (Å²) in [7, 11) is 1.31. The molecule has 0 amide bonds. The zero-order valence-electron chi connectivity index (χ0n) is 8.63. The number of carbonyl (C=O) groups excluding carboxylic acids is 2. The zero-order valence-corrected chi connectivity index (χ0v) is 11.0. The van der Waals surface area contributed by atoms with Crippen LogP contribution < -0.4 is 0 Å². The first-order valence-electron chi connectivity index (χ1n) is 4.53. The minimum Gasteiger partial charge on any atom is -0.465 e. The third-order valence-electron chi connectivity index (χ3n) is 1.99. The van der Waals surface area contributed by atoms with Crippen molar-refractivity contribution in [1.29, 1.82) is 0 Å². The monoisotopic (exact) mass is 304 g/mol. The summed E-state index contributed by atoms with van der Waals surface area (Å²) in [6, 6.07) is 5.10. The molecule has 0 N–H and O–H groups in total. The lowest BCUT2D eigenvalue weighted by molar-refractivity contribution is -0.116. The molecule has 0 atom stereocenters.